The number of nitrogen functional groups attached to an aromatic ring is 1. The van der Waals surface area contributed by atoms with Gasteiger partial charge in [-0.3, -0.25) is 4.98 Å². The summed E-state index contributed by atoms with van der Waals surface area (Å²) in [6, 6.07) is 4.18. The van der Waals surface area contributed by atoms with Gasteiger partial charge < -0.3 is 11.1 Å². The molecule has 0 fully saturated rings. The van der Waals surface area contributed by atoms with Gasteiger partial charge in [0.2, 0.25) is 0 Å². The van der Waals surface area contributed by atoms with Crippen LogP contribution in [0, 0.1) is 13.8 Å². The lowest BCUT2D eigenvalue weighted by molar-refractivity contribution is 0.626. The Morgan fingerprint density at radius 1 is 1.26 bits per heavy atom. The second-order valence-electron chi connectivity index (χ2n) is 4.71. The first kappa shape index (κ1) is 13.5. The Morgan fingerprint density at radius 2 is 2.05 bits per heavy atom. The normalized spacial score (nSPS) is 12.4. The number of hydrogen-bond acceptors (Lipinski definition) is 4. The molecule has 100 valence electrons. The minimum atomic E-state index is 0.0559. The van der Waals surface area contributed by atoms with Crippen LogP contribution >= 0.6 is 0 Å². The van der Waals surface area contributed by atoms with Crippen LogP contribution in [-0.4, -0.2) is 16.5 Å². The van der Waals surface area contributed by atoms with Gasteiger partial charge in [0.05, 0.1) is 6.04 Å². The number of rotatable bonds is 4. The van der Waals surface area contributed by atoms with Crippen molar-refractivity contribution in [2.75, 3.05) is 12.3 Å². The Labute approximate surface area is 114 Å². The molecule has 2 aromatic heterocycles. The minimum absolute atomic E-state index is 0.0559. The van der Waals surface area contributed by atoms with Crippen LogP contribution in [-0.2, 0) is 0 Å². The van der Waals surface area contributed by atoms with E-state index in [2.05, 4.69) is 35.2 Å². The Hall–Kier alpha value is -1.94. The molecule has 2 aromatic rings. The van der Waals surface area contributed by atoms with Gasteiger partial charge in [0.25, 0.3) is 0 Å². The number of nitrogens with zero attached hydrogens (tertiary/aromatic N) is 2. The van der Waals surface area contributed by atoms with Gasteiger partial charge in [-0.15, -0.1) is 0 Å². The fourth-order valence-electron chi connectivity index (χ4n) is 2.23. The third-order valence-corrected chi connectivity index (χ3v) is 3.18. The molecule has 0 saturated heterocycles. The number of aryl methyl sites for hydroxylation is 2. The molecule has 0 aliphatic rings. The van der Waals surface area contributed by atoms with Crippen molar-refractivity contribution >= 4 is 5.82 Å². The first-order valence-electron chi connectivity index (χ1n) is 6.49. The lowest BCUT2D eigenvalue weighted by Gasteiger charge is -2.22. The van der Waals surface area contributed by atoms with E-state index in [1.54, 1.807) is 6.20 Å². The van der Waals surface area contributed by atoms with Gasteiger partial charge in [0.1, 0.15) is 5.82 Å². The summed E-state index contributed by atoms with van der Waals surface area (Å²) in [5, 5.41) is 3.48. The zero-order valence-electron chi connectivity index (χ0n) is 11.6. The number of nitrogens with one attached hydrogen (secondary N) is 1. The van der Waals surface area contributed by atoms with Crippen LogP contribution in [0.1, 0.15) is 35.2 Å². The summed E-state index contributed by atoms with van der Waals surface area (Å²) in [6.07, 6.45) is 5.48. The van der Waals surface area contributed by atoms with E-state index in [1.807, 2.05) is 25.4 Å². The summed E-state index contributed by atoms with van der Waals surface area (Å²) in [6.45, 7) is 7.03. The third-order valence-electron chi connectivity index (χ3n) is 3.18. The molecule has 0 radical (unpaired) electrons. The summed E-state index contributed by atoms with van der Waals surface area (Å²) < 4.78 is 0. The predicted octanol–water partition coefficient (Wildman–Crippen LogP) is 2.37. The fraction of sp³-hybridized carbons (Fsp3) is 0.333. The molecular weight excluding hydrogens is 236 g/mol. The van der Waals surface area contributed by atoms with Crippen molar-refractivity contribution in [1.82, 2.24) is 15.3 Å². The average Bonchev–Trinajstić information content (AvgIpc) is 2.40. The van der Waals surface area contributed by atoms with E-state index in [1.165, 1.54) is 5.56 Å². The van der Waals surface area contributed by atoms with E-state index in [9.17, 15) is 0 Å². The molecule has 2 heterocycles. The van der Waals surface area contributed by atoms with Crippen molar-refractivity contribution in [3.05, 3.63) is 53.0 Å². The van der Waals surface area contributed by atoms with Gasteiger partial charge >= 0.3 is 0 Å². The summed E-state index contributed by atoms with van der Waals surface area (Å²) in [7, 11) is 0. The predicted molar refractivity (Wildman–Crippen MR) is 77.9 cm³/mol. The summed E-state index contributed by atoms with van der Waals surface area (Å²) >= 11 is 0. The molecule has 0 aliphatic carbocycles. The zero-order valence-corrected chi connectivity index (χ0v) is 11.6. The minimum Gasteiger partial charge on any atom is -0.383 e. The van der Waals surface area contributed by atoms with Crippen LogP contribution in [0.25, 0.3) is 0 Å². The molecule has 0 aliphatic heterocycles. The van der Waals surface area contributed by atoms with Crippen LogP contribution in [0.2, 0.25) is 0 Å². The topological polar surface area (TPSA) is 63.8 Å². The van der Waals surface area contributed by atoms with Crippen molar-refractivity contribution in [3.63, 3.8) is 0 Å². The van der Waals surface area contributed by atoms with E-state index in [4.69, 9.17) is 5.73 Å². The van der Waals surface area contributed by atoms with Gasteiger partial charge in [-0.05, 0) is 49.2 Å². The maximum absolute atomic E-state index is 6.04. The molecule has 0 bridgehead atoms. The molecule has 4 nitrogen and oxygen atoms in total. The summed E-state index contributed by atoms with van der Waals surface area (Å²) in [5.74, 6) is 0.577. The third kappa shape index (κ3) is 2.90. The molecule has 1 atom stereocenters. The second kappa shape index (κ2) is 5.80. The number of anilines is 1. The lowest BCUT2D eigenvalue weighted by atomic mass is 9.96. The first-order valence-corrected chi connectivity index (χ1v) is 6.49. The first-order chi connectivity index (χ1) is 9.13. The van der Waals surface area contributed by atoms with E-state index in [-0.39, 0.29) is 6.04 Å². The highest BCUT2D eigenvalue weighted by molar-refractivity contribution is 5.48. The molecule has 3 N–H and O–H groups in total. The molecule has 0 amide bonds. The number of hydrogen-bond donors (Lipinski definition) is 2. The highest BCUT2D eigenvalue weighted by Crippen LogP contribution is 2.27. The van der Waals surface area contributed by atoms with Crippen molar-refractivity contribution in [3.8, 4) is 0 Å². The molecule has 2 rings (SSSR count). The smallest absolute Gasteiger partial charge is 0.128 e. The molecule has 0 spiro atoms. The Morgan fingerprint density at radius 3 is 2.74 bits per heavy atom. The van der Waals surface area contributed by atoms with Crippen LogP contribution < -0.4 is 11.1 Å². The van der Waals surface area contributed by atoms with Crippen LogP contribution in [0.15, 0.2) is 30.7 Å². The highest BCUT2D eigenvalue weighted by atomic mass is 14.9. The maximum Gasteiger partial charge on any atom is 0.128 e. The Kier molecular flexibility index (Phi) is 4.12. The number of pyridine rings is 2. The van der Waals surface area contributed by atoms with E-state index in [0.29, 0.717) is 5.82 Å². The van der Waals surface area contributed by atoms with E-state index < -0.39 is 0 Å². The van der Waals surface area contributed by atoms with E-state index >= 15 is 0 Å². The number of aromatic nitrogens is 2. The van der Waals surface area contributed by atoms with Gasteiger partial charge in [-0.25, -0.2) is 4.98 Å². The Bertz CT molecular complexity index is 566. The van der Waals surface area contributed by atoms with Crippen LogP contribution in [0.3, 0.4) is 0 Å². The maximum atomic E-state index is 6.04. The number of nitrogens with two attached hydrogens (primary N) is 1. The molecule has 1 unspecified atom stereocenters. The molecular formula is C15H20N4. The SMILES string of the molecule is CCNC(c1ccncc1C)c1cc(C)cnc1N. The largest absolute Gasteiger partial charge is 0.383 e. The quantitative estimate of drug-likeness (QED) is 0.881. The zero-order chi connectivity index (χ0) is 13.8. The van der Waals surface area contributed by atoms with Crippen molar-refractivity contribution in [2.24, 2.45) is 0 Å². The van der Waals surface area contributed by atoms with Gasteiger partial charge in [-0.2, -0.15) is 0 Å². The van der Waals surface area contributed by atoms with Gasteiger partial charge in [-0.1, -0.05) is 6.92 Å². The second-order valence-corrected chi connectivity index (χ2v) is 4.71. The van der Waals surface area contributed by atoms with Crippen LogP contribution in [0.5, 0.6) is 0 Å². The Balaban J connectivity index is 2.51. The van der Waals surface area contributed by atoms with Crippen LogP contribution in [0.4, 0.5) is 5.82 Å². The molecule has 0 aromatic carbocycles. The van der Waals surface area contributed by atoms with Crippen molar-refractivity contribution in [2.45, 2.75) is 26.8 Å². The monoisotopic (exact) mass is 256 g/mol. The van der Waals surface area contributed by atoms with Gasteiger partial charge in [0, 0.05) is 24.2 Å². The van der Waals surface area contributed by atoms with Crippen molar-refractivity contribution < 1.29 is 0 Å². The fourth-order valence-corrected chi connectivity index (χ4v) is 2.23. The standard InChI is InChI=1S/C15H20N4/c1-4-18-14(12-5-6-17-9-11(12)3)13-7-10(2)8-19-15(13)16/h5-9,14,18H,4H2,1-3H3,(H2,16,19). The molecule has 19 heavy (non-hydrogen) atoms. The lowest BCUT2D eigenvalue weighted by Crippen LogP contribution is -2.24. The van der Waals surface area contributed by atoms with Crippen molar-refractivity contribution in [1.29, 1.82) is 0 Å². The average molecular weight is 256 g/mol. The summed E-state index contributed by atoms with van der Waals surface area (Å²) in [5.41, 5.74) is 10.5. The summed E-state index contributed by atoms with van der Waals surface area (Å²) in [4.78, 5) is 8.41. The van der Waals surface area contributed by atoms with Gasteiger partial charge in [0.15, 0.2) is 0 Å². The highest BCUT2D eigenvalue weighted by Gasteiger charge is 2.18. The molecule has 0 saturated carbocycles. The van der Waals surface area contributed by atoms with E-state index in [0.717, 1.165) is 23.2 Å². The molecule has 4 heteroatoms.